The van der Waals surface area contributed by atoms with Crippen LogP contribution in [0.25, 0.3) is 32.5 Å². The number of hydrogen-bond donors (Lipinski definition) is 2. The van der Waals surface area contributed by atoms with Gasteiger partial charge in [0.25, 0.3) is 0 Å². The van der Waals surface area contributed by atoms with Gasteiger partial charge in [-0.1, -0.05) is 35.9 Å². The fourth-order valence-corrected chi connectivity index (χ4v) is 5.04. The summed E-state index contributed by atoms with van der Waals surface area (Å²) in [5, 5.41) is 17.3. The lowest BCUT2D eigenvalue weighted by Gasteiger charge is -2.12. The lowest BCUT2D eigenvalue weighted by atomic mass is 10.1. The highest BCUT2D eigenvalue weighted by Crippen LogP contribution is 2.36. The molecule has 38 heavy (non-hydrogen) atoms. The molecule has 0 bridgehead atoms. The highest BCUT2D eigenvalue weighted by molar-refractivity contribution is 7.19. The van der Waals surface area contributed by atoms with Gasteiger partial charge in [-0.15, -0.1) is 21.5 Å². The molecule has 1 aromatic carbocycles. The normalized spacial score (nSPS) is 10.9. The van der Waals surface area contributed by atoms with Crippen LogP contribution in [0.4, 0.5) is 17.3 Å². The maximum Gasteiger partial charge on any atom is 0.229 e. The van der Waals surface area contributed by atoms with Gasteiger partial charge in [-0.25, -0.2) is 15.0 Å². The van der Waals surface area contributed by atoms with Gasteiger partial charge in [-0.2, -0.15) is 0 Å². The van der Waals surface area contributed by atoms with E-state index in [9.17, 15) is 0 Å². The van der Waals surface area contributed by atoms with Gasteiger partial charge in [0, 0.05) is 41.8 Å². The average molecular weight is 538 g/mol. The van der Waals surface area contributed by atoms with Crippen LogP contribution in [0, 0.1) is 0 Å². The Morgan fingerprint density at radius 1 is 0.842 bits per heavy atom. The van der Waals surface area contributed by atoms with Gasteiger partial charge in [0.05, 0.1) is 21.1 Å². The molecule has 0 unspecified atom stereocenters. The first-order valence-electron chi connectivity index (χ1n) is 11.7. The van der Waals surface area contributed by atoms with Crippen molar-refractivity contribution in [1.29, 1.82) is 0 Å². The summed E-state index contributed by atoms with van der Waals surface area (Å²) in [6, 6.07) is 23.1. The monoisotopic (exact) mass is 537 g/mol. The van der Waals surface area contributed by atoms with E-state index in [1.165, 1.54) is 11.3 Å². The molecule has 2 N–H and O–H groups in total. The third-order valence-corrected chi connectivity index (χ3v) is 7.03. The highest BCUT2D eigenvalue weighted by atomic mass is 35.5. The lowest BCUT2D eigenvalue weighted by Crippen LogP contribution is -2.00. The van der Waals surface area contributed by atoms with E-state index in [-0.39, 0.29) is 0 Å². The van der Waals surface area contributed by atoms with Crippen molar-refractivity contribution >= 4 is 51.0 Å². The highest BCUT2D eigenvalue weighted by Gasteiger charge is 2.14. The maximum absolute atomic E-state index is 6.15. The van der Waals surface area contributed by atoms with E-state index in [4.69, 9.17) is 16.3 Å². The van der Waals surface area contributed by atoms with E-state index in [1.807, 2.05) is 73.8 Å². The zero-order valence-electron chi connectivity index (χ0n) is 20.1. The van der Waals surface area contributed by atoms with Crippen molar-refractivity contribution < 1.29 is 4.74 Å². The summed E-state index contributed by atoms with van der Waals surface area (Å²) in [6.07, 6.45) is 5.12. The first kappa shape index (κ1) is 23.8. The Kier molecular flexibility index (Phi) is 6.51. The topological polar surface area (TPSA) is 97.7 Å². The summed E-state index contributed by atoms with van der Waals surface area (Å²) in [4.78, 5) is 14.1. The van der Waals surface area contributed by atoms with Crippen molar-refractivity contribution in [3.05, 3.63) is 95.7 Å². The lowest BCUT2D eigenvalue weighted by molar-refractivity contribution is 0.447. The third kappa shape index (κ3) is 4.84. The van der Waals surface area contributed by atoms with E-state index in [1.54, 1.807) is 24.7 Å². The predicted octanol–water partition coefficient (Wildman–Crippen LogP) is 7.44. The number of aromatic nitrogens is 5. The van der Waals surface area contributed by atoms with Crippen molar-refractivity contribution in [3.8, 4) is 33.5 Å². The first-order chi connectivity index (χ1) is 18.7. The van der Waals surface area contributed by atoms with Crippen LogP contribution in [0.15, 0.2) is 91.4 Å². The van der Waals surface area contributed by atoms with Crippen molar-refractivity contribution in [2.24, 2.45) is 0 Å². The van der Waals surface area contributed by atoms with Gasteiger partial charge >= 0.3 is 0 Å². The number of anilines is 3. The molecule has 0 amide bonds. The second kappa shape index (κ2) is 10.4. The number of thiophene rings is 1. The standard InChI is InChI=1S/C28H20ClN7OS/c1-30-24-15-17(12-14-31-24)19-7-4-13-32-28(19)37-25-11-8-18(16-33-25)34-27-21-6-3-2-5-20(21)26(35-36-27)22-9-10-23(29)38-22/h2-16H,1H3,(H,30,31)(H,34,36). The van der Waals surface area contributed by atoms with Crippen LogP contribution in [0.2, 0.25) is 4.34 Å². The number of nitrogens with one attached hydrogen (secondary N) is 2. The average Bonchev–Trinajstić information content (AvgIpc) is 3.40. The SMILES string of the molecule is CNc1cc(-c2cccnc2Oc2ccc(Nc3nnc(-c4ccc(Cl)s4)c4ccccc34)cn2)ccn1. The third-order valence-electron chi connectivity index (χ3n) is 5.79. The molecule has 6 rings (SSSR count). The summed E-state index contributed by atoms with van der Waals surface area (Å²) < 4.78 is 6.76. The number of rotatable bonds is 7. The van der Waals surface area contributed by atoms with E-state index in [0.717, 1.165) is 44.0 Å². The number of halogens is 1. The maximum atomic E-state index is 6.15. The van der Waals surface area contributed by atoms with Crippen molar-refractivity contribution in [2.75, 3.05) is 17.7 Å². The van der Waals surface area contributed by atoms with Crippen molar-refractivity contribution in [1.82, 2.24) is 25.1 Å². The molecule has 0 aliphatic rings. The molecule has 0 saturated carbocycles. The van der Waals surface area contributed by atoms with Crippen molar-refractivity contribution in [3.63, 3.8) is 0 Å². The first-order valence-corrected chi connectivity index (χ1v) is 12.9. The molecule has 0 aliphatic heterocycles. The molecule has 0 aliphatic carbocycles. The Balaban J connectivity index is 1.25. The Labute approximate surface area is 227 Å². The van der Waals surface area contributed by atoms with Crippen LogP contribution in [-0.4, -0.2) is 32.2 Å². The molecule has 0 spiro atoms. The predicted molar refractivity (Wildman–Crippen MR) is 152 cm³/mol. The molecular formula is C28H20ClN7OS. The minimum atomic E-state index is 0.416. The van der Waals surface area contributed by atoms with Gasteiger partial charge in [0.15, 0.2) is 5.82 Å². The number of nitrogens with zero attached hydrogens (tertiary/aromatic N) is 5. The molecule has 0 radical (unpaired) electrons. The Hall–Kier alpha value is -4.60. The van der Waals surface area contributed by atoms with Crippen LogP contribution >= 0.6 is 22.9 Å². The van der Waals surface area contributed by atoms with Crippen LogP contribution in [0.5, 0.6) is 11.8 Å². The minimum Gasteiger partial charge on any atom is -0.420 e. The molecule has 6 aromatic rings. The van der Waals surface area contributed by atoms with E-state index in [2.05, 4.69) is 35.8 Å². The Bertz CT molecular complexity index is 1740. The van der Waals surface area contributed by atoms with Crippen LogP contribution < -0.4 is 15.4 Å². The van der Waals surface area contributed by atoms with Crippen LogP contribution in [-0.2, 0) is 0 Å². The fourth-order valence-electron chi connectivity index (χ4n) is 4.00. The Morgan fingerprint density at radius 3 is 2.53 bits per heavy atom. The van der Waals surface area contributed by atoms with Gasteiger partial charge in [0.1, 0.15) is 11.5 Å². The quantitative estimate of drug-likeness (QED) is 0.217. The van der Waals surface area contributed by atoms with E-state index in [0.29, 0.717) is 21.9 Å². The number of benzene rings is 1. The fraction of sp³-hybridized carbons (Fsp3) is 0.0357. The van der Waals surface area contributed by atoms with E-state index < -0.39 is 0 Å². The zero-order valence-corrected chi connectivity index (χ0v) is 21.7. The molecule has 0 fully saturated rings. The van der Waals surface area contributed by atoms with Crippen LogP contribution in [0.3, 0.4) is 0 Å². The largest absolute Gasteiger partial charge is 0.420 e. The summed E-state index contributed by atoms with van der Waals surface area (Å²) in [7, 11) is 1.83. The summed E-state index contributed by atoms with van der Waals surface area (Å²) in [5.41, 5.74) is 3.32. The smallest absolute Gasteiger partial charge is 0.229 e. The molecule has 0 atom stereocenters. The molecule has 186 valence electrons. The summed E-state index contributed by atoms with van der Waals surface area (Å²) >= 11 is 7.62. The second-order valence-corrected chi connectivity index (χ2v) is 9.91. The molecular weight excluding hydrogens is 518 g/mol. The Morgan fingerprint density at radius 2 is 1.74 bits per heavy atom. The number of ether oxygens (including phenoxy) is 1. The molecule has 8 nitrogen and oxygen atoms in total. The number of fused-ring (bicyclic) bond motifs is 1. The zero-order chi connectivity index (χ0) is 25.9. The van der Waals surface area contributed by atoms with Crippen LogP contribution in [0.1, 0.15) is 0 Å². The number of hydrogen-bond acceptors (Lipinski definition) is 9. The summed E-state index contributed by atoms with van der Waals surface area (Å²) in [6.45, 7) is 0. The van der Waals surface area contributed by atoms with Gasteiger partial charge in [-0.05, 0) is 48.0 Å². The van der Waals surface area contributed by atoms with Gasteiger partial charge in [-0.3, -0.25) is 0 Å². The van der Waals surface area contributed by atoms with Gasteiger partial charge in [0.2, 0.25) is 11.8 Å². The summed E-state index contributed by atoms with van der Waals surface area (Å²) in [5.74, 6) is 2.26. The van der Waals surface area contributed by atoms with Gasteiger partial charge < -0.3 is 15.4 Å². The molecule has 5 aromatic heterocycles. The number of pyridine rings is 3. The van der Waals surface area contributed by atoms with E-state index >= 15 is 0 Å². The molecule has 10 heteroatoms. The minimum absolute atomic E-state index is 0.416. The van der Waals surface area contributed by atoms with Crippen molar-refractivity contribution in [2.45, 2.75) is 0 Å². The molecule has 5 heterocycles. The second-order valence-electron chi connectivity index (χ2n) is 8.19. The molecule has 0 saturated heterocycles.